The first-order chi connectivity index (χ1) is 6.46. The fourth-order valence-electron chi connectivity index (χ4n) is 0.385. The van der Waals surface area contributed by atoms with Gasteiger partial charge in [-0.2, -0.15) is 0 Å². The van der Waals surface area contributed by atoms with Crippen molar-refractivity contribution in [1.82, 2.24) is 0 Å². The van der Waals surface area contributed by atoms with Crippen molar-refractivity contribution < 1.29 is 9.59 Å². The van der Waals surface area contributed by atoms with Gasteiger partial charge in [-0.05, 0) is 27.7 Å². The molecule has 1 aromatic rings. The van der Waals surface area contributed by atoms with Crippen LogP contribution in [-0.2, 0) is 9.59 Å². The number of rotatable bonds is 0. The summed E-state index contributed by atoms with van der Waals surface area (Å²) in [5, 5.41) is 0. The fraction of sp³-hybridized carbons (Fsp3) is 0.333. The molecule has 0 aliphatic carbocycles. The lowest BCUT2D eigenvalue weighted by molar-refractivity contribution is -0.115. The van der Waals surface area contributed by atoms with Gasteiger partial charge in [0.1, 0.15) is 11.6 Å². The van der Waals surface area contributed by atoms with Gasteiger partial charge in [0, 0.05) is 0 Å². The average molecular weight is 194 g/mol. The van der Waals surface area contributed by atoms with Crippen molar-refractivity contribution in [1.29, 1.82) is 0 Å². The molecule has 0 aliphatic rings. The van der Waals surface area contributed by atoms with E-state index in [2.05, 4.69) is 0 Å². The maximum Gasteiger partial charge on any atom is 0.126 e. The summed E-state index contributed by atoms with van der Waals surface area (Å²) in [6.07, 6.45) is 0. The highest BCUT2D eigenvalue weighted by Crippen LogP contribution is 1.79. The van der Waals surface area contributed by atoms with Crippen LogP contribution in [0.5, 0.6) is 0 Å². The number of carbonyl (C=O) groups is 2. The predicted molar refractivity (Wildman–Crippen MR) is 59.2 cm³/mol. The van der Waals surface area contributed by atoms with E-state index in [4.69, 9.17) is 0 Å². The van der Waals surface area contributed by atoms with Crippen LogP contribution in [0.2, 0.25) is 0 Å². The van der Waals surface area contributed by atoms with Crippen molar-refractivity contribution in [2.45, 2.75) is 27.7 Å². The van der Waals surface area contributed by atoms with Crippen LogP contribution in [0.15, 0.2) is 36.4 Å². The summed E-state index contributed by atoms with van der Waals surface area (Å²) >= 11 is 0. The molecule has 0 bridgehead atoms. The van der Waals surface area contributed by atoms with E-state index in [1.807, 2.05) is 36.4 Å². The number of hydrogen-bond acceptors (Lipinski definition) is 2. The fourth-order valence-corrected chi connectivity index (χ4v) is 0.385. The minimum absolute atomic E-state index is 0.167. The molecule has 0 spiro atoms. The molecule has 0 saturated carbocycles. The van der Waals surface area contributed by atoms with Gasteiger partial charge in [0.25, 0.3) is 0 Å². The van der Waals surface area contributed by atoms with Crippen molar-refractivity contribution in [2.75, 3.05) is 0 Å². The molecule has 0 aromatic heterocycles. The van der Waals surface area contributed by atoms with Gasteiger partial charge in [0.2, 0.25) is 0 Å². The Morgan fingerprint density at radius 2 is 0.643 bits per heavy atom. The lowest BCUT2D eigenvalue weighted by Crippen LogP contribution is -1.69. The normalized spacial score (nSPS) is 7.14. The van der Waals surface area contributed by atoms with E-state index in [1.54, 1.807) is 0 Å². The minimum Gasteiger partial charge on any atom is -0.300 e. The molecular formula is C12H18O2. The summed E-state index contributed by atoms with van der Waals surface area (Å²) in [4.78, 5) is 18.9. The van der Waals surface area contributed by atoms with E-state index in [0.717, 1.165) is 0 Å². The van der Waals surface area contributed by atoms with Gasteiger partial charge in [-0.15, -0.1) is 0 Å². The first-order valence-electron chi connectivity index (χ1n) is 4.41. The molecule has 0 aliphatic heterocycles. The third-order valence-corrected chi connectivity index (χ3v) is 0.667. The van der Waals surface area contributed by atoms with Crippen molar-refractivity contribution in [3.63, 3.8) is 0 Å². The van der Waals surface area contributed by atoms with Crippen LogP contribution in [-0.4, -0.2) is 11.6 Å². The van der Waals surface area contributed by atoms with E-state index in [0.29, 0.717) is 0 Å². The summed E-state index contributed by atoms with van der Waals surface area (Å²) in [6, 6.07) is 12.0. The Labute approximate surface area is 86.0 Å². The summed E-state index contributed by atoms with van der Waals surface area (Å²) in [5.41, 5.74) is 0. The number of carbonyl (C=O) groups excluding carboxylic acids is 2. The average Bonchev–Trinajstić information content (AvgIpc) is 2.05. The Morgan fingerprint density at radius 3 is 0.714 bits per heavy atom. The molecule has 0 N–H and O–H groups in total. The Hall–Kier alpha value is -1.44. The van der Waals surface area contributed by atoms with Crippen molar-refractivity contribution in [3.8, 4) is 0 Å². The standard InChI is InChI=1S/C6H6.2C3H6O/c1-2-4-6-5-3-1;2*1-3(2)4/h1-6H;2*1-2H3. The van der Waals surface area contributed by atoms with Crippen molar-refractivity contribution >= 4 is 11.6 Å². The second-order valence-corrected chi connectivity index (χ2v) is 2.97. The largest absolute Gasteiger partial charge is 0.300 e. The molecule has 0 radical (unpaired) electrons. The van der Waals surface area contributed by atoms with Crippen LogP contribution in [0.25, 0.3) is 0 Å². The highest BCUT2D eigenvalue weighted by Gasteiger charge is 1.62. The monoisotopic (exact) mass is 194 g/mol. The molecule has 78 valence electrons. The van der Waals surface area contributed by atoms with Crippen molar-refractivity contribution in [2.24, 2.45) is 0 Å². The van der Waals surface area contributed by atoms with Crippen molar-refractivity contribution in [3.05, 3.63) is 36.4 Å². The first-order valence-corrected chi connectivity index (χ1v) is 4.41. The molecule has 0 saturated heterocycles. The molecule has 0 atom stereocenters. The minimum atomic E-state index is 0.167. The number of ketones is 2. The van der Waals surface area contributed by atoms with E-state index in [-0.39, 0.29) is 11.6 Å². The smallest absolute Gasteiger partial charge is 0.126 e. The zero-order valence-electron chi connectivity index (χ0n) is 9.28. The number of benzene rings is 1. The number of hydrogen-bond donors (Lipinski definition) is 0. The van der Waals surface area contributed by atoms with Gasteiger partial charge in [-0.25, -0.2) is 0 Å². The van der Waals surface area contributed by atoms with Crippen LogP contribution in [0.3, 0.4) is 0 Å². The maximum absolute atomic E-state index is 9.44. The summed E-state index contributed by atoms with van der Waals surface area (Å²) in [5.74, 6) is 0.333. The lowest BCUT2D eigenvalue weighted by Gasteiger charge is -1.69. The Bertz CT molecular complexity index is 193. The maximum atomic E-state index is 9.44. The zero-order chi connectivity index (χ0) is 11.4. The van der Waals surface area contributed by atoms with Gasteiger partial charge in [-0.3, -0.25) is 0 Å². The highest BCUT2D eigenvalue weighted by atomic mass is 16.1. The Morgan fingerprint density at radius 1 is 0.571 bits per heavy atom. The van der Waals surface area contributed by atoms with Gasteiger partial charge in [-0.1, -0.05) is 36.4 Å². The van der Waals surface area contributed by atoms with Gasteiger partial charge < -0.3 is 9.59 Å². The molecule has 2 heteroatoms. The van der Waals surface area contributed by atoms with E-state index >= 15 is 0 Å². The summed E-state index contributed by atoms with van der Waals surface area (Å²) < 4.78 is 0. The summed E-state index contributed by atoms with van der Waals surface area (Å²) in [6.45, 7) is 6.11. The third-order valence-electron chi connectivity index (χ3n) is 0.667. The van der Waals surface area contributed by atoms with Gasteiger partial charge in [0.05, 0.1) is 0 Å². The van der Waals surface area contributed by atoms with E-state index in [9.17, 15) is 9.59 Å². The van der Waals surface area contributed by atoms with Gasteiger partial charge in [0.15, 0.2) is 0 Å². The second-order valence-electron chi connectivity index (χ2n) is 2.97. The molecule has 0 unspecified atom stereocenters. The highest BCUT2D eigenvalue weighted by molar-refractivity contribution is 5.72. The Balaban J connectivity index is 0. The van der Waals surface area contributed by atoms with Gasteiger partial charge >= 0.3 is 0 Å². The van der Waals surface area contributed by atoms with Crippen LogP contribution in [0.1, 0.15) is 27.7 Å². The number of Topliss-reactive ketones (excluding diaryl/α,β-unsaturated/α-hetero) is 2. The summed E-state index contributed by atoms with van der Waals surface area (Å²) in [7, 11) is 0. The molecule has 0 heterocycles. The molecule has 2 nitrogen and oxygen atoms in total. The Kier molecular flexibility index (Phi) is 12.4. The van der Waals surface area contributed by atoms with Crippen LogP contribution in [0, 0.1) is 0 Å². The molecule has 14 heavy (non-hydrogen) atoms. The quantitative estimate of drug-likeness (QED) is 0.636. The molecular weight excluding hydrogens is 176 g/mol. The molecule has 0 amide bonds. The first kappa shape index (κ1) is 15.1. The molecule has 1 rings (SSSR count). The molecule has 0 fully saturated rings. The predicted octanol–water partition coefficient (Wildman–Crippen LogP) is 2.88. The van der Waals surface area contributed by atoms with E-state index in [1.165, 1.54) is 27.7 Å². The lowest BCUT2D eigenvalue weighted by atomic mass is 10.4. The van der Waals surface area contributed by atoms with Crippen LogP contribution < -0.4 is 0 Å². The molecule has 1 aromatic carbocycles. The zero-order valence-corrected chi connectivity index (χ0v) is 9.28. The van der Waals surface area contributed by atoms with Crippen LogP contribution in [0.4, 0.5) is 0 Å². The third kappa shape index (κ3) is 46.4. The van der Waals surface area contributed by atoms with Crippen LogP contribution >= 0.6 is 0 Å². The van der Waals surface area contributed by atoms with E-state index < -0.39 is 0 Å². The SMILES string of the molecule is CC(C)=O.CC(C)=O.c1ccccc1. The second kappa shape index (κ2) is 11.6. The topological polar surface area (TPSA) is 34.1 Å².